The van der Waals surface area contributed by atoms with Crippen LogP contribution in [0.25, 0.3) is 0 Å². The Bertz CT molecular complexity index is 607. The largest absolute Gasteiger partial charge is 0.377 e. The Hall–Kier alpha value is -2.28. The van der Waals surface area contributed by atoms with Crippen LogP contribution in [0, 0.1) is 11.8 Å². The van der Waals surface area contributed by atoms with E-state index >= 15 is 0 Å². The first-order valence-electron chi connectivity index (χ1n) is 7.28. The molecule has 1 unspecified atom stereocenters. The van der Waals surface area contributed by atoms with E-state index in [0.717, 1.165) is 24.8 Å². The highest BCUT2D eigenvalue weighted by molar-refractivity contribution is 5.97. The van der Waals surface area contributed by atoms with Crippen molar-refractivity contribution in [1.29, 1.82) is 0 Å². The molecule has 3 N–H and O–H groups in total. The van der Waals surface area contributed by atoms with Crippen molar-refractivity contribution in [3.8, 4) is 11.8 Å². The smallest absolute Gasteiger partial charge is 0.251 e. The summed E-state index contributed by atoms with van der Waals surface area (Å²) in [6, 6.07) is 7.57. The highest BCUT2D eigenvalue weighted by Gasteiger charge is 2.26. The molecular weight excluding hydrogens is 262 g/mol. The zero-order valence-electron chi connectivity index (χ0n) is 12.6. The number of carbonyl (C=O) groups excluding carboxylic acids is 1. The van der Waals surface area contributed by atoms with Crippen LogP contribution >= 0.6 is 0 Å². The number of nitrogens with two attached hydrogens (primary N) is 1. The van der Waals surface area contributed by atoms with E-state index in [4.69, 9.17) is 5.73 Å². The number of nitrogens with zero attached hydrogens (tertiary/aromatic N) is 1. The molecule has 110 valence electrons. The molecule has 1 aliphatic heterocycles. The highest BCUT2D eigenvalue weighted by Crippen LogP contribution is 2.31. The molecule has 0 radical (unpaired) electrons. The Morgan fingerprint density at radius 3 is 2.81 bits per heavy atom. The van der Waals surface area contributed by atoms with Crippen LogP contribution in [0.1, 0.15) is 49.0 Å². The summed E-state index contributed by atoms with van der Waals surface area (Å²) in [5, 5.41) is 2.87. The van der Waals surface area contributed by atoms with Gasteiger partial charge in [0.1, 0.15) is 0 Å². The molecule has 1 aliphatic rings. The van der Waals surface area contributed by atoms with Crippen LogP contribution in [-0.2, 0) is 5.54 Å². The molecule has 0 aliphatic carbocycles. The fourth-order valence-electron chi connectivity index (χ4n) is 2.34. The Balaban J connectivity index is 2.19. The second-order valence-electron chi connectivity index (χ2n) is 5.41. The summed E-state index contributed by atoms with van der Waals surface area (Å²) >= 11 is 0. The lowest BCUT2D eigenvalue weighted by atomic mass is 9.88. The zero-order chi connectivity index (χ0) is 15.3. The maximum atomic E-state index is 11.9. The van der Waals surface area contributed by atoms with Gasteiger partial charge in [-0.15, -0.1) is 0 Å². The first-order valence-corrected chi connectivity index (χ1v) is 7.28. The Labute approximate surface area is 125 Å². The average molecular weight is 283 g/mol. The number of hydrogen-bond acceptors (Lipinski definition) is 3. The SMILES string of the molecule is CCCNC(=O)c1ccc(C2(C)CCC#CC(N)=N2)cc1. The average Bonchev–Trinajstić information content (AvgIpc) is 2.66. The molecule has 1 amide bonds. The van der Waals surface area contributed by atoms with Gasteiger partial charge in [-0.2, -0.15) is 0 Å². The van der Waals surface area contributed by atoms with Gasteiger partial charge < -0.3 is 11.1 Å². The van der Waals surface area contributed by atoms with E-state index in [1.54, 1.807) is 0 Å². The summed E-state index contributed by atoms with van der Waals surface area (Å²) in [5.74, 6) is 6.17. The topological polar surface area (TPSA) is 67.5 Å². The molecule has 0 saturated heterocycles. The number of amides is 1. The van der Waals surface area contributed by atoms with Crippen molar-refractivity contribution < 1.29 is 4.79 Å². The molecule has 1 atom stereocenters. The third kappa shape index (κ3) is 3.63. The molecule has 0 spiro atoms. The summed E-state index contributed by atoms with van der Waals surface area (Å²) < 4.78 is 0. The normalized spacial score (nSPS) is 20.8. The number of amidine groups is 1. The van der Waals surface area contributed by atoms with Crippen LogP contribution in [0.5, 0.6) is 0 Å². The van der Waals surface area contributed by atoms with Crippen LogP contribution in [0.15, 0.2) is 29.3 Å². The van der Waals surface area contributed by atoms with Gasteiger partial charge in [0.2, 0.25) is 0 Å². The van der Waals surface area contributed by atoms with E-state index in [1.807, 2.05) is 38.1 Å². The first-order chi connectivity index (χ1) is 10.0. The maximum absolute atomic E-state index is 11.9. The number of benzene rings is 1. The van der Waals surface area contributed by atoms with Crippen LogP contribution in [0.2, 0.25) is 0 Å². The molecule has 4 heteroatoms. The first kappa shape index (κ1) is 15.1. The minimum Gasteiger partial charge on any atom is -0.377 e. The molecule has 0 aromatic heterocycles. The lowest BCUT2D eigenvalue weighted by Gasteiger charge is -2.24. The van der Waals surface area contributed by atoms with Crippen LogP contribution in [-0.4, -0.2) is 18.3 Å². The fourth-order valence-corrected chi connectivity index (χ4v) is 2.34. The Morgan fingerprint density at radius 2 is 2.14 bits per heavy atom. The van der Waals surface area contributed by atoms with E-state index in [9.17, 15) is 4.79 Å². The van der Waals surface area contributed by atoms with Crippen molar-refractivity contribution in [2.75, 3.05) is 6.54 Å². The predicted molar refractivity (Wildman–Crippen MR) is 85.1 cm³/mol. The second kappa shape index (κ2) is 6.45. The van der Waals surface area contributed by atoms with Gasteiger partial charge in [0, 0.05) is 18.5 Å². The van der Waals surface area contributed by atoms with Gasteiger partial charge >= 0.3 is 0 Å². The standard InChI is InChI=1S/C17H21N3O/c1-3-12-19-16(21)13-7-9-14(10-8-13)17(2)11-5-4-6-15(18)20-17/h7-10H,3,5,11-12H2,1-2H3,(H2,18,20)(H,19,21). The van der Waals surface area contributed by atoms with Crippen molar-refractivity contribution in [3.63, 3.8) is 0 Å². The number of aliphatic imine (C=N–C) groups is 1. The molecule has 1 aromatic carbocycles. The van der Waals surface area contributed by atoms with Gasteiger partial charge in [0.25, 0.3) is 5.91 Å². The molecule has 4 nitrogen and oxygen atoms in total. The fraction of sp³-hybridized carbons (Fsp3) is 0.412. The van der Waals surface area contributed by atoms with Gasteiger partial charge in [-0.1, -0.05) is 25.0 Å². The van der Waals surface area contributed by atoms with Gasteiger partial charge in [-0.05, 0) is 43.4 Å². The molecule has 21 heavy (non-hydrogen) atoms. The summed E-state index contributed by atoms with van der Waals surface area (Å²) in [7, 11) is 0. The van der Waals surface area contributed by atoms with Gasteiger partial charge in [-0.25, -0.2) is 4.99 Å². The summed E-state index contributed by atoms with van der Waals surface area (Å²) in [4.78, 5) is 16.4. The van der Waals surface area contributed by atoms with Crippen molar-refractivity contribution in [2.45, 2.75) is 38.6 Å². The number of rotatable bonds is 4. The van der Waals surface area contributed by atoms with Gasteiger partial charge in [0.15, 0.2) is 5.84 Å². The minimum atomic E-state index is -0.390. The minimum absolute atomic E-state index is 0.0410. The summed E-state index contributed by atoms with van der Waals surface area (Å²) in [6.07, 6.45) is 2.51. The van der Waals surface area contributed by atoms with E-state index in [-0.39, 0.29) is 11.4 Å². The zero-order valence-corrected chi connectivity index (χ0v) is 12.6. The van der Waals surface area contributed by atoms with E-state index in [2.05, 4.69) is 22.2 Å². The van der Waals surface area contributed by atoms with Crippen molar-refractivity contribution in [3.05, 3.63) is 35.4 Å². The highest BCUT2D eigenvalue weighted by atomic mass is 16.1. The predicted octanol–water partition coefficient (Wildman–Crippen LogP) is 2.20. The number of carbonyl (C=O) groups is 1. The van der Waals surface area contributed by atoms with Gasteiger partial charge in [-0.3, -0.25) is 4.79 Å². The number of hydrogen-bond donors (Lipinski definition) is 2. The van der Waals surface area contributed by atoms with Crippen molar-refractivity contribution >= 4 is 11.7 Å². The molecular formula is C17H21N3O. The summed E-state index contributed by atoms with van der Waals surface area (Å²) in [5.41, 5.74) is 7.11. The van der Waals surface area contributed by atoms with E-state index < -0.39 is 0 Å². The third-order valence-corrected chi connectivity index (χ3v) is 3.63. The lowest BCUT2D eigenvalue weighted by molar-refractivity contribution is 0.0953. The second-order valence-corrected chi connectivity index (χ2v) is 5.41. The van der Waals surface area contributed by atoms with Crippen LogP contribution in [0.3, 0.4) is 0 Å². The van der Waals surface area contributed by atoms with Gasteiger partial charge in [0.05, 0.1) is 5.54 Å². The van der Waals surface area contributed by atoms with E-state index in [0.29, 0.717) is 17.9 Å². The quantitative estimate of drug-likeness (QED) is 0.832. The van der Waals surface area contributed by atoms with Crippen LogP contribution in [0.4, 0.5) is 0 Å². The third-order valence-electron chi connectivity index (χ3n) is 3.63. The number of nitrogens with one attached hydrogen (secondary N) is 1. The van der Waals surface area contributed by atoms with E-state index in [1.165, 1.54) is 0 Å². The van der Waals surface area contributed by atoms with Crippen molar-refractivity contribution in [2.24, 2.45) is 10.7 Å². The summed E-state index contributed by atoms with van der Waals surface area (Å²) in [6.45, 7) is 4.76. The molecule has 0 bridgehead atoms. The Kier molecular flexibility index (Phi) is 4.64. The Morgan fingerprint density at radius 1 is 1.43 bits per heavy atom. The molecule has 1 heterocycles. The molecule has 1 aromatic rings. The lowest BCUT2D eigenvalue weighted by Crippen LogP contribution is -2.25. The van der Waals surface area contributed by atoms with Crippen LogP contribution < -0.4 is 11.1 Å². The molecule has 2 rings (SSSR count). The molecule has 0 saturated carbocycles. The maximum Gasteiger partial charge on any atom is 0.251 e. The van der Waals surface area contributed by atoms with Crippen molar-refractivity contribution in [1.82, 2.24) is 5.32 Å². The monoisotopic (exact) mass is 283 g/mol. The molecule has 0 fully saturated rings.